The molecule has 0 saturated carbocycles. The van der Waals surface area contributed by atoms with Crippen LogP contribution >= 0.6 is 15.9 Å². The lowest BCUT2D eigenvalue weighted by Crippen LogP contribution is -2.56. The summed E-state index contributed by atoms with van der Waals surface area (Å²) in [7, 11) is 0. The average molecular weight is 383 g/mol. The van der Waals surface area contributed by atoms with E-state index in [0.29, 0.717) is 0 Å². The van der Waals surface area contributed by atoms with Crippen molar-refractivity contribution < 1.29 is 23.1 Å². The first-order chi connectivity index (χ1) is 10.1. The summed E-state index contributed by atoms with van der Waals surface area (Å²) in [5.74, 6) is -0.919. The predicted molar refractivity (Wildman–Crippen MR) is 75.0 cm³/mol. The van der Waals surface area contributed by atoms with Crippen LogP contribution in [-0.2, 0) is 11.3 Å². The summed E-state index contributed by atoms with van der Waals surface area (Å²) in [6, 6.07) is 0. The highest BCUT2D eigenvalue weighted by molar-refractivity contribution is 9.10. The van der Waals surface area contributed by atoms with Gasteiger partial charge < -0.3 is 5.11 Å². The third kappa shape index (κ3) is 2.76. The van der Waals surface area contributed by atoms with Gasteiger partial charge in [0.05, 0.1) is 16.7 Å². The van der Waals surface area contributed by atoms with Crippen molar-refractivity contribution in [3.05, 3.63) is 15.9 Å². The molecule has 122 valence electrons. The minimum absolute atomic E-state index is 0.0943. The Morgan fingerprint density at radius 2 is 2.14 bits per heavy atom. The second kappa shape index (κ2) is 5.65. The minimum Gasteiger partial charge on any atom is -0.362 e. The smallest absolute Gasteiger partial charge is 0.362 e. The summed E-state index contributed by atoms with van der Waals surface area (Å²) in [5, 5.41) is 17.3. The average Bonchev–Trinajstić information content (AvgIpc) is 2.93. The van der Waals surface area contributed by atoms with Crippen molar-refractivity contribution in [1.29, 1.82) is 0 Å². The van der Waals surface area contributed by atoms with Gasteiger partial charge in [-0.25, -0.2) is 0 Å². The van der Waals surface area contributed by atoms with Crippen molar-refractivity contribution in [2.75, 3.05) is 0 Å². The molecule has 0 bridgehead atoms. The van der Waals surface area contributed by atoms with Crippen LogP contribution in [0.3, 0.4) is 0 Å². The molecule has 0 fully saturated rings. The summed E-state index contributed by atoms with van der Waals surface area (Å²) in [5.41, 5.74) is -1.78. The Morgan fingerprint density at radius 3 is 2.64 bits per heavy atom. The van der Waals surface area contributed by atoms with Crippen LogP contribution in [0.5, 0.6) is 0 Å². The van der Waals surface area contributed by atoms with Gasteiger partial charge in [0.2, 0.25) is 5.91 Å². The first kappa shape index (κ1) is 16.9. The van der Waals surface area contributed by atoms with Gasteiger partial charge in [0.1, 0.15) is 0 Å². The van der Waals surface area contributed by atoms with Crippen molar-refractivity contribution in [2.24, 2.45) is 5.10 Å². The molecule has 2 rings (SSSR count). The van der Waals surface area contributed by atoms with Gasteiger partial charge in [-0.15, -0.1) is 0 Å². The van der Waals surface area contributed by atoms with Crippen molar-refractivity contribution in [3.63, 3.8) is 0 Å². The summed E-state index contributed by atoms with van der Waals surface area (Å²) in [6.07, 6.45) is -5.12. The summed E-state index contributed by atoms with van der Waals surface area (Å²) >= 11 is 3.33. The third-order valence-electron chi connectivity index (χ3n) is 3.44. The maximum atomic E-state index is 12.9. The fourth-order valence-corrected chi connectivity index (χ4v) is 2.42. The van der Waals surface area contributed by atoms with Gasteiger partial charge in [-0.05, 0) is 29.8 Å². The van der Waals surface area contributed by atoms with Crippen LogP contribution in [0.15, 0.2) is 9.57 Å². The summed E-state index contributed by atoms with van der Waals surface area (Å²) < 4.78 is 41.0. The zero-order chi connectivity index (χ0) is 16.7. The van der Waals surface area contributed by atoms with Crippen LogP contribution in [0.2, 0.25) is 0 Å². The number of hydrazone groups is 1. The lowest BCUT2D eigenvalue weighted by atomic mass is 10.1. The Kier molecular flexibility index (Phi) is 4.35. The Balaban J connectivity index is 2.09. The van der Waals surface area contributed by atoms with Crippen LogP contribution in [0.25, 0.3) is 0 Å². The fourth-order valence-electron chi connectivity index (χ4n) is 2.14. The molecule has 1 aliphatic rings. The predicted octanol–water partition coefficient (Wildman–Crippen LogP) is 2.12. The lowest BCUT2D eigenvalue weighted by molar-refractivity contribution is -0.302. The largest absolute Gasteiger partial charge is 0.438 e. The van der Waals surface area contributed by atoms with Gasteiger partial charge in [0, 0.05) is 24.8 Å². The van der Waals surface area contributed by atoms with E-state index in [1.54, 1.807) is 13.8 Å². The Labute approximate surface area is 132 Å². The van der Waals surface area contributed by atoms with Crippen LogP contribution in [0.1, 0.15) is 24.2 Å². The van der Waals surface area contributed by atoms with Crippen molar-refractivity contribution in [2.45, 2.75) is 45.1 Å². The topological polar surface area (TPSA) is 70.7 Å². The van der Waals surface area contributed by atoms with E-state index in [1.807, 2.05) is 0 Å². The minimum atomic E-state index is -4.97. The third-order valence-corrected chi connectivity index (χ3v) is 4.59. The standard InChI is InChI=1S/C12H14BrF3N4O2/c1-7-10(13)8(2)19(18-7)6-3-9(21)20-11(22,4-5-17-20)12(14,15)16/h5,22H,3-4,6H2,1-2H3. The van der Waals surface area contributed by atoms with Gasteiger partial charge >= 0.3 is 6.18 Å². The van der Waals surface area contributed by atoms with Gasteiger partial charge in [-0.3, -0.25) is 9.48 Å². The number of aromatic nitrogens is 2. The van der Waals surface area contributed by atoms with E-state index in [2.05, 4.69) is 26.1 Å². The van der Waals surface area contributed by atoms with E-state index < -0.39 is 24.2 Å². The molecular weight excluding hydrogens is 369 g/mol. The van der Waals surface area contributed by atoms with E-state index in [4.69, 9.17) is 0 Å². The highest BCUT2D eigenvalue weighted by atomic mass is 79.9. The highest BCUT2D eigenvalue weighted by Crippen LogP contribution is 2.38. The molecule has 0 spiro atoms. The maximum absolute atomic E-state index is 12.9. The van der Waals surface area contributed by atoms with Crippen LogP contribution < -0.4 is 0 Å². The van der Waals surface area contributed by atoms with E-state index in [9.17, 15) is 23.1 Å². The van der Waals surface area contributed by atoms with Gasteiger partial charge in [-0.2, -0.15) is 28.4 Å². The van der Waals surface area contributed by atoms with Crippen molar-refractivity contribution in [3.8, 4) is 0 Å². The number of aliphatic hydroxyl groups is 1. The molecule has 1 atom stereocenters. The molecule has 10 heteroatoms. The number of nitrogens with zero attached hydrogens (tertiary/aromatic N) is 4. The Hall–Kier alpha value is -1.42. The first-order valence-electron chi connectivity index (χ1n) is 6.42. The molecule has 2 heterocycles. The molecule has 0 radical (unpaired) electrons. The number of carbonyl (C=O) groups excluding carboxylic acids is 1. The Bertz CT molecular complexity index is 629. The summed E-state index contributed by atoms with van der Waals surface area (Å²) in [4.78, 5) is 12.0. The fraction of sp³-hybridized carbons (Fsp3) is 0.583. The number of rotatable bonds is 3. The monoisotopic (exact) mass is 382 g/mol. The van der Waals surface area contributed by atoms with E-state index in [-0.39, 0.29) is 18.0 Å². The highest BCUT2D eigenvalue weighted by Gasteiger charge is 2.61. The molecule has 1 amide bonds. The van der Waals surface area contributed by atoms with Gasteiger partial charge in [0.25, 0.3) is 5.72 Å². The lowest BCUT2D eigenvalue weighted by Gasteiger charge is -2.32. The van der Waals surface area contributed by atoms with Crippen LogP contribution in [0, 0.1) is 13.8 Å². The molecule has 1 aromatic rings. The number of aryl methyl sites for hydroxylation is 2. The molecule has 1 unspecified atom stereocenters. The first-order valence-corrected chi connectivity index (χ1v) is 7.21. The normalized spacial score (nSPS) is 21.7. The zero-order valence-electron chi connectivity index (χ0n) is 11.9. The number of carbonyl (C=O) groups is 1. The number of hydrogen-bond acceptors (Lipinski definition) is 4. The van der Waals surface area contributed by atoms with Crippen molar-refractivity contribution >= 4 is 28.1 Å². The Morgan fingerprint density at radius 1 is 1.50 bits per heavy atom. The molecule has 0 aliphatic carbocycles. The molecule has 1 aromatic heterocycles. The SMILES string of the molecule is Cc1nn(CCC(=O)N2N=CCC2(O)C(F)(F)F)c(C)c1Br. The molecular formula is C12H14BrF3N4O2. The molecule has 6 nitrogen and oxygen atoms in total. The van der Waals surface area contributed by atoms with E-state index >= 15 is 0 Å². The molecule has 1 aliphatic heterocycles. The number of alkyl halides is 3. The summed E-state index contributed by atoms with van der Waals surface area (Å²) in [6.45, 7) is 3.63. The number of amides is 1. The van der Waals surface area contributed by atoms with Crippen molar-refractivity contribution in [1.82, 2.24) is 14.8 Å². The molecule has 1 N–H and O–H groups in total. The van der Waals surface area contributed by atoms with E-state index in [0.717, 1.165) is 22.1 Å². The number of hydrogen-bond donors (Lipinski definition) is 1. The number of halogens is 4. The second-order valence-electron chi connectivity index (χ2n) is 4.98. The molecule has 0 aromatic carbocycles. The van der Waals surface area contributed by atoms with Gasteiger partial charge in [-0.1, -0.05) is 0 Å². The van der Waals surface area contributed by atoms with Crippen LogP contribution in [0.4, 0.5) is 13.2 Å². The maximum Gasteiger partial charge on any atom is 0.438 e. The second-order valence-corrected chi connectivity index (χ2v) is 5.77. The van der Waals surface area contributed by atoms with Crippen LogP contribution in [-0.4, -0.2) is 43.9 Å². The molecule has 22 heavy (non-hydrogen) atoms. The molecule has 0 saturated heterocycles. The zero-order valence-corrected chi connectivity index (χ0v) is 13.4. The van der Waals surface area contributed by atoms with E-state index in [1.165, 1.54) is 4.68 Å². The quantitative estimate of drug-likeness (QED) is 0.870. The van der Waals surface area contributed by atoms with Gasteiger partial charge in [0.15, 0.2) is 0 Å².